The number of hydrazine groups is 1. The van der Waals surface area contributed by atoms with Gasteiger partial charge in [-0.25, -0.2) is 0 Å². The van der Waals surface area contributed by atoms with E-state index in [1.165, 1.54) is 27.2 Å². The molecular formula is C21H18N4O2S3. The predicted octanol–water partition coefficient (Wildman–Crippen LogP) is 4.48. The standard InChI is InChI=1S/C21H18N4O2S3/c1-2-24-16-5-3-4-6-17(16)29-19(24)12-11-18-20(27)25(21(28)30-18)15-9-7-14(8-10-15)23-22-13-26/h3-13,23H,2H2,1H3,(H,22,26). The lowest BCUT2D eigenvalue weighted by molar-refractivity contribution is -0.113. The summed E-state index contributed by atoms with van der Waals surface area (Å²) in [6, 6.07) is 15.4. The number of hydrogen-bond donors (Lipinski definition) is 2. The van der Waals surface area contributed by atoms with Crippen molar-refractivity contribution in [2.24, 2.45) is 0 Å². The summed E-state index contributed by atoms with van der Waals surface area (Å²) in [6.07, 6.45) is 4.38. The normalized spacial score (nSPS) is 18.3. The average molecular weight is 455 g/mol. The number of nitrogens with zero attached hydrogens (tertiary/aromatic N) is 2. The van der Waals surface area contributed by atoms with Crippen LogP contribution in [0.5, 0.6) is 0 Å². The van der Waals surface area contributed by atoms with Gasteiger partial charge in [0.05, 0.1) is 27.0 Å². The van der Waals surface area contributed by atoms with Gasteiger partial charge in [0.25, 0.3) is 5.91 Å². The highest BCUT2D eigenvalue weighted by molar-refractivity contribution is 8.27. The van der Waals surface area contributed by atoms with Crippen LogP contribution in [0.25, 0.3) is 0 Å². The third-order valence-corrected chi connectivity index (χ3v) is 6.98. The number of thiocarbonyl (C=S) groups is 1. The second-order valence-electron chi connectivity index (χ2n) is 6.29. The summed E-state index contributed by atoms with van der Waals surface area (Å²) in [4.78, 5) is 28.9. The first-order chi connectivity index (χ1) is 14.6. The second kappa shape index (κ2) is 8.95. The Morgan fingerprint density at radius 3 is 2.57 bits per heavy atom. The number of nitrogens with one attached hydrogen (secondary N) is 2. The number of thioether (sulfide) groups is 2. The Bertz CT molecular complexity index is 1070. The van der Waals surface area contributed by atoms with Crippen molar-refractivity contribution in [3.05, 3.63) is 70.6 Å². The average Bonchev–Trinajstić information content (AvgIpc) is 3.27. The van der Waals surface area contributed by atoms with E-state index in [0.717, 1.165) is 11.6 Å². The Balaban J connectivity index is 1.53. The molecule has 0 unspecified atom stereocenters. The quantitative estimate of drug-likeness (QED) is 0.289. The highest BCUT2D eigenvalue weighted by atomic mass is 32.2. The Hall–Kier alpha value is -2.75. The first-order valence-corrected chi connectivity index (χ1v) is 11.2. The molecule has 4 rings (SSSR count). The molecule has 0 radical (unpaired) electrons. The zero-order chi connectivity index (χ0) is 21.1. The van der Waals surface area contributed by atoms with Crippen LogP contribution in [0, 0.1) is 0 Å². The minimum atomic E-state index is -0.142. The van der Waals surface area contributed by atoms with Crippen molar-refractivity contribution in [2.75, 3.05) is 21.8 Å². The van der Waals surface area contributed by atoms with Crippen LogP contribution in [0.4, 0.5) is 17.1 Å². The van der Waals surface area contributed by atoms with Crippen LogP contribution >= 0.6 is 35.7 Å². The number of rotatable bonds is 6. The number of benzene rings is 2. The SMILES string of the molecule is CCN1C(=CC=C2SC(=S)N(c3ccc(NNC=O)cc3)C2=O)Sc2ccccc21. The number of para-hydroxylation sites is 1. The van der Waals surface area contributed by atoms with Crippen molar-refractivity contribution < 1.29 is 9.59 Å². The summed E-state index contributed by atoms with van der Waals surface area (Å²) in [5.74, 6) is -0.142. The molecule has 9 heteroatoms. The van der Waals surface area contributed by atoms with E-state index in [4.69, 9.17) is 12.2 Å². The Labute approximate surface area is 188 Å². The maximum absolute atomic E-state index is 13.0. The first kappa shape index (κ1) is 20.5. The molecule has 6 nitrogen and oxygen atoms in total. The van der Waals surface area contributed by atoms with Gasteiger partial charge in [0.15, 0.2) is 4.32 Å². The van der Waals surface area contributed by atoms with Crippen molar-refractivity contribution in [1.29, 1.82) is 0 Å². The van der Waals surface area contributed by atoms with E-state index in [-0.39, 0.29) is 5.91 Å². The molecule has 2 N–H and O–H groups in total. The molecule has 0 aromatic heterocycles. The monoisotopic (exact) mass is 454 g/mol. The largest absolute Gasteiger partial charge is 0.335 e. The van der Waals surface area contributed by atoms with Crippen LogP contribution in [-0.4, -0.2) is 23.2 Å². The topological polar surface area (TPSA) is 64.7 Å². The number of carbonyl (C=O) groups is 2. The van der Waals surface area contributed by atoms with Crippen molar-refractivity contribution >= 4 is 69.4 Å². The van der Waals surface area contributed by atoms with E-state index >= 15 is 0 Å². The molecule has 0 bridgehead atoms. The summed E-state index contributed by atoms with van der Waals surface area (Å²) in [6.45, 7) is 2.96. The van der Waals surface area contributed by atoms with Crippen LogP contribution in [0.15, 0.2) is 75.5 Å². The van der Waals surface area contributed by atoms with Gasteiger partial charge < -0.3 is 4.90 Å². The Morgan fingerprint density at radius 1 is 1.07 bits per heavy atom. The van der Waals surface area contributed by atoms with Gasteiger partial charge in [-0.1, -0.05) is 47.9 Å². The molecule has 2 aliphatic rings. The van der Waals surface area contributed by atoms with Gasteiger partial charge in [-0.15, -0.1) is 0 Å². The van der Waals surface area contributed by atoms with Gasteiger partial charge in [0, 0.05) is 11.4 Å². The molecule has 2 aromatic rings. The molecule has 1 fully saturated rings. The minimum absolute atomic E-state index is 0.142. The van der Waals surface area contributed by atoms with Crippen LogP contribution in [0.2, 0.25) is 0 Å². The van der Waals surface area contributed by atoms with Crippen LogP contribution < -0.4 is 20.7 Å². The summed E-state index contributed by atoms with van der Waals surface area (Å²) in [7, 11) is 0. The molecular weight excluding hydrogens is 436 g/mol. The van der Waals surface area contributed by atoms with Gasteiger partial charge in [-0.2, -0.15) is 0 Å². The number of fused-ring (bicyclic) bond motifs is 1. The van der Waals surface area contributed by atoms with E-state index in [1.807, 2.05) is 24.3 Å². The third kappa shape index (κ3) is 3.96. The number of allylic oxidation sites excluding steroid dienone is 2. The molecule has 2 heterocycles. The van der Waals surface area contributed by atoms with E-state index < -0.39 is 0 Å². The first-order valence-electron chi connectivity index (χ1n) is 9.20. The van der Waals surface area contributed by atoms with Gasteiger partial charge in [-0.05, 0) is 55.5 Å². The van der Waals surface area contributed by atoms with Crippen molar-refractivity contribution in [3.63, 3.8) is 0 Å². The fraction of sp³-hybridized carbons (Fsp3) is 0.0952. The zero-order valence-corrected chi connectivity index (χ0v) is 18.4. The fourth-order valence-corrected chi connectivity index (χ4v) is 5.53. The van der Waals surface area contributed by atoms with Crippen LogP contribution in [0.1, 0.15) is 6.92 Å². The summed E-state index contributed by atoms with van der Waals surface area (Å²) in [5, 5.41) is 1.09. The fourth-order valence-electron chi connectivity index (χ4n) is 3.16. The molecule has 0 aliphatic carbocycles. The lowest BCUT2D eigenvalue weighted by atomic mass is 10.2. The minimum Gasteiger partial charge on any atom is -0.335 e. The molecule has 0 spiro atoms. The summed E-state index contributed by atoms with van der Waals surface area (Å²) in [5.41, 5.74) is 7.68. The maximum Gasteiger partial charge on any atom is 0.270 e. The zero-order valence-electron chi connectivity index (χ0n) is 16.0. The number of amides is 2. The van der Waals surface area contributed by atoms with Gasteiger partial charge in [0.2, 0.25) is 6.41 Å². The molecule has 2 amide bonds. The molecule has 30 heavy (non-hydrogen) atoms. The smallest absolute Gasteiger partial charge is 0.270 e. The highest BCUT2D eigenvalue weighted by Gasteiger charge is 2.33. The maximum atomic E-state index is 13.0. The van der Waals surface area contributed by atoms with E-state index in [1.54, 1.807) is 36.0 Å². The van der Waals surface area contributed by atoms with Gasteiger partial charge >= 0.3 is 0 Å². The molecule has 0 saturated carbocycles. The van der Waals surface area contributed by atoms with E-state index in [0.29, 0.717) is 27.0 Å². The third-order valence-electron chi connectivity index (χ3n) is 4.52. The van der Waals surface area contributed by atoms with Crippen molar-refractivity contribution in [1.82, 2.24) is 5.43 Å². The van der Waals surface area contributed by atoms with Gasteiger partial charge in [-0.3, -0.25) is 25.3 Å². The highest BCUT2D eigenvalue weighted by Crippen LogP contribution is 2.46. The lowest BCUT2D eigenvalue weighted by Gasteiger charge is -2.17. The van der Waals surface area contributed by atoms with E-state index in [2.05, 4.69) is 34.8 Å². The number of hydrogen-bond acceptors (Lipinski definition) is 7. The lowest BCUT2D eigenvalue weighted by Crippen LogP contribution is -2.27. The second-order valence-corrected chi connectivity index (χ2v) is 9.03. The molecule has 0 atom stereocenters. The van der Waals surface area contributed by atoms with Gasteiger partial charge in [0.1, 0.15) is 0 Å². The molecule has 2 aliphatic heterocycles. The van der Waals surface area contributed by atoms with Crippen molar-refractivity contribution in [2.45, 2.75) is 11.8 Å². The Kier molecular flexibility index (Phi) is 6.12. The molecule has 2 aromatic carbocycles. The van der Waals surface area contributed by atoms with E-state index in [9.17, 15) is 9.59 Å². The summed E-state index contributed by atoms with van der Waals surface area (Å²) >= 11 is 8.44. The number of carbonyl (C=O) groups excluding carboxylic acids is 2. The van der Waals surface area contributed by atoms with Crippen LogP contribution in [-0.2, 0) is 9.59 Å². The number of anilines is 3. The van der Waals surface area contributed by atoms with Crippen molar-refractivity contribution in [3.8, 4) is 0 Å². The Morgan fingerprint density at radius 2 is 1.83 bits per heavy atom. The predicted molar refractivity (Wildman–Crippen MR) is 128 cm³/mol. The molecule has 1 saturated heterocycles. The summed E-state index contributed by atoms with van der Waals surface area (Å²) < 4.78 is 0.492. The van der Waals surface area contributed by atoms with Crippen LogP contribution in [0.3, 0.4) is 0 Å². The molecule has 152 valence electrons.